The average molecular weight is 424 g/mol. The number of pyridine rings is 1. The molecule has 0 unspecified atom stereocenters. The molecule has 1 aromatic heterocycles. The van der Waals surface area contributed by atoms with E-state index < -0.39 is 0 Å². The minimum atomic E-state index is 0.0889. The van der Waals surface area contributed by atoms with Crippen LogP contribution in [0.4, 0.5) is 0 Å². The minimum Gasteiger partial charge on any atom is -0.492 e. The van der Waals surface area contributed by atoms with Crippen molar-refractivity contribution >= 4 is 5.91 Å². The SMILES string of the molecule is CO[C@@H]1CCCN2C(=O)c3cccc(c3)OCCN(Cc3ccccn3)CCCC[C@H]12. The van der Waals surface area contributed by atoms with Gasteiger partial charge in [0.25, 0.3) is 5.91 Å². The van der Waals surface area contributed by atoms with Crippen molar-refractivity contribution in [1.82, 2.24) is 14.8 Å². The fourth-order valence-electron chi connectivity index (χ4n) is 4.75. The Balaban J connectivity index is 1.53. The van der Waals surface area contributed by atoms with E-state index in [-0.39, 0.29) is 18.1 Å². The van der Waals surface area contributed by atoms with Gasteiger partial charge in [-0.15, -0.1) is 0 Å². The van der Waals surface area contributed by atoms with Gasteiger partial charge in [0.05, 0.1) is 17.8 Å². The Hall–Kier alpha value is -2.44. The molecule has 0 N–H and O–H groups in total. The first-order valence-corrected chi connectivity index (χ1v) is 11.4. The van der Waals surface area contributed by atoms with E-state index in [4.69, 9.17) is 9.47 Å². The molecule has 1 amide bonds. The summed E-state index contributed by atoms with van der Waals surface area (Å²) in [7, 11) is 1.77. The standard InChI is InChI=1S/C25H33N3O3/c1-30-24-12-7-15-28-23(24)11-3-5-14-27(19-21-9-2-4-13-26-21)16-17-31-22-10-6-8-20(18-22)25(28)29/h2,4,6,8-10,13,18,23-24H,3,5,7,11-12,14-17,19H2,1H3/t23-,24-/m1/s1. The Morgan fingerprint density at radius 2 is 2.00 bits per heavy atom. The van der Waals surface area contributed by atoms with E-state index in [2.05, 4.69) is 16.0 Å². The number of amides is 1. The van der Waals surface area contributed by atoms with Crippen molar-refractivity contribution in [3.63, 3.8) is 0 Å². The number of nitrogens with zero attached hydrogens (tertiary/aromatic N) is 3. The zero-order valence-corrected chi connectivity index (χ0v) is 18.4. The van der Waals surface area contributed by atoms with Gasteiger partial charge in [-0.05, 0) is 62.6 Å². The van der Waals surface area contributed by atoms with Gasteiger partial charge >= 0.3 is 0 Å². The first-order valence-electron chi connectivity index (χ1n) is 11.4. The summed E-state index contributed by atoms with van der Waals surface area (Å²) in [6, 6.07) is 13.8. The number of hydrogen-bond acceptors (Lipinski definition) is 5. The predicted molar refractivity (Wildman–Crippen MR) is 120 cm³/mol. The van der Waals surface area contributed by atoms with Crippen molar-refractivity contribution in [2.45, 2.75) is 50.8 Å². The largest absolute Gasteiger partial charge is 0.492 e. The van der Waals surface area contributed by atoms with E-state index in [1.54, 1.807) is 7.11 Å². The van der Waals surface area contributed by atoms with E-state index in [1.807, 2.05) is 47.5 Å². The van der Waals surface area contributed by atoms with Gasteiger partial charge in [-0.2, -0.15) is 0 Å². The zero-order chi connectivity index (χ0) is 21.5. The lowest BCUT2D eigenvalue weighted by Gasteiger charge is -2.41. The van der Waals surface area contributed by atoms with Crippen LogP contribution >= 0.6 is 0 Å². The van der Waals surface area contributed by atoms with Crippen LogP contribution in [0.25, 0.3) is 0 Å². The third-order valence-electron chi connectivity index (χ3n) is 6.37. The van der Waals surface area contributed by atoms with Crippen molar-refractivity contribution in [2.75, 3.05) is 33.4 Å². The highest BCUT2D eigenvalue weighted by atomic mass is 16.5. The molecule has 1 saturated heterocycles. The maximum absolute atomic E-state index is 13.3. The molecule has 1 aromatic carbocycles. The lowest BCUT2D eigenvalue weighted by molar-refractivity contribution is -0.0156. The van der Waals surface area contributed by atoms with Crippen LogP contribution in [-0.4, -0.2) is 66.2 Å². The summed E-state index contributed by atoms with van der Waals surface area (Å²) in [4.78, 5) is 22.3. The molecule has 3 heterocycles. The van der Waals surface area contributed by atoms with Crippen molar-refractivity contribution < 1.29 is 14.3 Å². The number of piperidine rings is 1. The maximum Gasteiger partial charge on any atom is 0.254 e. The number of rotatable bonds is 3. The number of aromatic nitrogens is 1. The monoisotopic (exact) mass is 423 g/mol. The number of fused-ring (bicyclic) bond motifs is 3. The molecule has 2 atom stereocenters. The Labute approximate surface area is 185 Å². The second kappa shape index (κ2) is 10.7. The lowest BCUT2D eigenvalue weighted by atomic mass is 9.93. The molecule has 31 heavy (non-hydrogen) atoms. The predicted octanol–water partition coefficient (Wildman–Crippen LogP) is 3.77. The molecule has 2 aliphatic heterocycles. The third-order valence-corrected chi connectivity index (χ3v) is 6.37. The highest BCUT2D eigenvalue weighted by Gasteiger charge is 2.34. The number of ether oxygens (including phenoxy) is 2. The van der Waals surface area contributed by atoms with Crippen molar-refractivity contribution in [3.05, 3.63) is 59.9 Å². The Kier molecular flexibility index (Phi) is 7.54. The van der Waals surface area contributed by atoms with Crippen LogP contribution in [0.5, 0.6) is 5.75 Å². The molecular formula is C25H33N3O3. The van der Waals surface area contributed by atoms with E-state index >= 15 is 0 Å². The molecular weight excluding hydrogens is 390 g/mol. The smallest absolute Gasteiger partial charge is 0.254 e. The van der Waals surface area contributed by atoms with Crippen molar-refractivity contribution in [1.29, 1.82) is 0 Å². The van der Waals surface area contributed by atoms with Crippen LogP contribution in [0.2, 0.25) is 0 Å². The fourth-order valence-corrected chi connectivity index (χ4v) is 4.75. The van der Waals surface area contributed by atoms with E-state index in [1.165, 1.54) is 0 Å². The van der Waals surface area contributed by atoms with Crippen LogP contribution in [0.15, 0.2) is 48.7 Å². The number of carbonyl (C=O) groups excluding carboxylic acids is 1. The van der Waals surface area contributed by atoms with Crippen LogP contribution in [-0.2, 0) is 11.3 Å². The number of hydrogen-bond donors (Lipinski definition) is 0. The van der Waals surface area contributed by atoms with Crippen LogP contribution < -0.4 is 4.74 Å². The highest BCUT2D eigenvalue weighted by molar-refractivity contribution is 5.95. The van der Waals surface area contributed by atoms with Gasteiger partial charge in [0.15, 0.2) is 0 Å². The van der Waals surface area contributed by atoms with Gasteiger partial charge in [0, 0.05) is 38.5 Å². The second-order valence-corrected chi connectivity index (χ2v) is 8.45. The Bertz CT molecular complexity index is 845. The van der Waals surface area contributed by atoms with E-state index in [0.29, 0.717) is 12.2 Å². The molecule has 0 aliphatic carbocycles. The van der Waals surface area contributed by atoms with Crippen molar-refractivity contribution in [2.24, 2.45) is 0 Å². The first-order chi connectivity index (χ1) is 15.2. The third kappa shape index (κ3) is 5.63. The quantitative estimate of drug-likeness (QED) is 0.752. The zero-order valence-electron chi connectivity index (χ0n) is 18.4. The van der Waals surface area contributed by atoms with Gasteiger partial charge in [-0.1, -0.05) is 18.6 Å². The van der Waals surface area contributed by atoms with Gasteiger partial charge < -0.3 is 14.4 Å². The molecule has 6 heteroatoms. The minimum absolute atomic E-state index is 0.0889. The molecule has 166 valence electrons. The highest BCUT2D eigenvalue weighted by Crippen LogP contribution is 2.27. The Morgan fingerprint density at radius 1 is 1.06 bits per heavy atom. The molecule has 0 saturated carbocycles. The van der Waals surface area contributed by atoms with E-state index in [9.17, 15) is 4.79 Å². The summed E-state index contributed by atoms with van der Waals surface area (Å²) in [5.74, 6) is 0.837. The van der Waals surface area contributed by atoms with Gasteiger partial charge in [-0.25, -0.2) is 0 Å². The molecule has 1 fully saturated rings. The average Bonchev–Trinajstić information content (AvgIpc) is 2.81. The van der Waals surface area contributed by atoms with Gasteiger partial charge in [0.2, 0.25) is 0 Å². The summed E-state index contributed by atoms with van der Waals surface area (Å²) < 4.78 is 11.8. The normalized spacial score (nSPS) is 23.5. The Morgan fingerprint density at radius 3 is 2.84 bits per heavy atom. The lowest BCUT2D eigenvalue weighted by Crippen LogP contribution is -2.51. The fraction of sp³-hybridized carbons (Fsp3) is 0.520. The second-order valence-electron chi connectivity index (χ2n) is 8.45. The molecule has 2 aliphatic rings. The number of benzene rings is 1. The van der Waals surface area contributed by atoms with Crippen LogP contribution in [0, 0.1) is 0 Å². The summed E-state index contributed by atoms with van der Waals surface area (Å²) >= 11 is 0. The number of methoxy groups -OCH3 is 1. The summed E-state index contributed by atoms with van der Waals surface area (Å²) in [6.45, 7) is 4.01. The van der Waals surface area contributed by atoms with Gasteiger partial charge in [-0.3, -0.25) is 14.7 Å². The van der Waals surface area contributed by atoms with Crippen LogP contribution in [0.1, 0.15) is 48.2 Å². The molecule has 2 bridgehead atoms. The summed E-state index contributed by atoms with van der Waals surface area (Å²) in [5.41, 5.74) is 1.77. The summed E-state index contributed by atoms with van der Waals surface area (Å²) in [5, 5.41) is 0. The van der Waals surface area contributed by atoms with Crippen LogP contribution in [0.3, 0.4) is 0 Å². The molecule has 6 nitrogen and oxygen atoms in total. The van der Waals surface area contributed by atoms with Crippen molar-refractivity contribution in [3.8, 4) is 5.75 Å². The topological polar surface area (TPSA) is 54.9 Å². The van der Waals surface area contributed by atoms with Gasteiger partial charge in [0.1, 0.15) is 12.4 Å². The van der Waals surface area contributed by atoms with E-state index in [0.717, 1.165) is 69.7 Å². The molecule has 2 aromatic rings. The number of carbonyl (C=O) groups is 1. The molecule has 0 radical (unpaired) electrons. The molecule has 4 rings (SSSR count). The summed E-state index contributed by atoms with van der Waals surface area (Å²) in [6.07, 6.45) is 7.06. The molecule has 0 spiro atoms. The maximum atomic E-state index is 13.3. The first kappa shape index (κ1) is 21.8.